The number of amides is 3. The highest BCUT2D eigenvalue weighted by atomic mass is 35.5. The van der Waals surface area contributed by atoms with E-state index in [2.05, 4.69) is 15.4 Å². The van der Waals surface area contributed by atoms with Crippen molar-refractivity contribution < 1.29 is 28.3 Å². The number of carbonyl (C=O) groups is 4. The topological polar surface area (TPSA) is 105 Å². The summed E-state index contributed by atoms with van der Waals surface area (Å²) in [4.78, 5) is 50.2. The molecule has 35 heavy (non-hydrogen) atoms. The van der Waals surface area contributed by atoms with Crippen LogP contribution in [-0.2, 0) is 14.3 Å². The summed E-state index contributed by atoms with van der Waals surface area (Å²) in [5.74, 6) is -2.81. The summed E-state index contributed by atoms with van der Waals surface area (Å²) in [6, 6.07) is 17.2. The van der Waals surface area contributed by atoms with Crippen molar-refractivity contribution in [1.29, 1.82) is 0 Å². The first kappa shape index (κ1) is 23.7. The second-order valence-electron chi connectivity index (χ2n) is 7.34. The molecule has 10 heteroatoms. The minimum absolute atomic E-state index is 0.135. The zero-order valence-electron chi connectivity index (χ0n) is 18.2. The normalized spacial score (nSPS) is 13.2. The van der Waals surface area contributed by atoms with Gasteiger partial charge in [0.2, 0.25) is 0 Å². The number of nitrogens with one attached hydrogen (secondary N) is 2. The van der Waals surface area contributed by atoms with Gasteiger partial charge in [0.05, 0.1) is 18.4 Å². The molecule has 0 atom stereocenters. The lowest BCUT2D eigenvalue weighted by Gasteiger charge is -2.15. The SMILES string of the molecule is COC(=O)c1ccc(NC(=O)c2ccc(NC3=C(Cl)C(=O)N(c4ccc(F)cc4)C3=O)cc2)cc1. The minimum Gasteiger partial charge on any atom is -0.465 e. The molecule has 176 valence electrons. The highest BCUT2D eigenvalue weighted by Gasteiger charge is 2.38. The van der Waals surface area contributed by atoms with Crippen molar-refractivity contribution in [3.05, 3.63) is 100 Å². The maximum absolute atomic E-state index is 13.2. The van der Waals surface area contributed by atoms with Gasteiger partial charge in [-0.15, -0.1) is 0 Å². The number of anilines is 3. The van der Waals surface area contributed by atoms with E-state index < -0.39 is 29.5 Å². The van der Waals surface area contributed by atoms with Gasteiger partial charge < -0.3 is 15.4 Å². The third-order valence-electron chi connectivity index (χ3n) is 5.09. The largest absolute Gasteiger partial charge is 0.465 e. The highest BCUT2D eigenvalue weighted by Crippen LogP contribution is 2.30. The Balaban J connectivity index is 1.43. The van der Waals surface area contributed by atoms with E-state index in [0.29, 0.717) is 22.5 Å². The summed E-state index contributed by atoms with van der Waals surface area (Å²) in [5, 5.41) is 5.21. The standard InChI is InChI=1S/C25H17ClFN3O5/c1-35-25(34)15-4-10-18(11-5-15)29-22(31)14-2-8-17(9-3-14)28-21-20(26)23(32)30(24(21)33)19-12-6-16(27)7-13-19/h2-13,28H,1H3,(H,29,31). The van der Waals surface area contributed by atoms with Gasteiger partial charge >= 0.3 is 5.97 Å². The summed E-state index contributed by atoms with van der Waals surface area (Å²) >= 11 is 6.10. The van der Waals surface area contributed by atoms with Crippen LogP contribution in [-0.4, -0.2) is 30.8 Å². The minimum atomic E-state index is -0.736. The smallest absolute Gasteiger partial charge is 0.337 e. The molecule has 0 unspecified atom stereocenters. The van der Waals surface area contributed by atoms with Crippen LogP contribution < -0.4 is 15.5 Å². The van der Waals surface area contributed by atoms with Crippen molar-refractivity contribution in [2.45, 2.75) is 0 Å². The number of hydrogen-bond donors (Lipinski definition) is 2. The third kappa shape index (κ3) is 4.90. The van der Waals surface area contributed by atoms with Crippen LogP contribution >= 0.6 is 11.6 Å². The number of methoxy groups -OCH3 is 1. The van der Waals surface area contributed by atoms with Crippen molar-refractivity contribution in [2.24, 2.45) is 0 Å². The molecule has 0 fully saturated rings. The molecule has 0 saturated heterocycles. The van der Waals surface area contributed by atoms with Crippen molar-refractivity contribution in [2.75, 3.05) is 22.6 Å². The number of nitrogens with zero attached hydrogens (tertiary/aromatic N) is 1. The van der Waals surface area contributed by atoms with E-state index in [0.717, 1.165) is 17.0 Å². The molecule has 0 radical (unpaired) electrons. The quantitative estimate of drug-likeness (QED) is 0.392. The Labute approximate surface area is 203 Å². The van der Waals surface area contributed by atoms with Crippen LogP contribution in [0.15, 0.2) is 83.5 Å². The first-order chi connectivity index (χ1) is 16.8. The van der Waals surface area contributed by atoms with Crippen LogP contribution in [0.1, 0.15) is 20.7 Å². The van der Waals surface area contributed by atoms with E-state index >= 15 is 0 Å². The van der Waals surface area contributed by atoms with Gasteiger partial charge in [-0.05, 0) is 72.8 Å². The molecule has 1 heterocycles. The Morgan fingerprint density at radius 1 is 0.829 bits per heavy atom. The zero-order chi connectivity index (χ0) is 25.1. The second-order valence-corrected chi connectivity index (χ2v) is 7.71. The molecule has 0 aromatic heterocycles. The summed E-state index contributed by atoms with van der Waals surface area (Å²) < 4.78 is 17.8. The van der Waals surface area contributed by atoms with Crippen molar-refractivity contribution in [3.8, 4) is 0 Å². The lowest BCUT2D eigenvalue weighted by atomic mass is 10.1. The molecule has 3 amide bonds. The first-order valence-electron chi connectivity index (χ1n) is 10.2. The molecule has 2 N–H and O–H groups in total. The predicted octanol–water partition coefficient (Wildman–Crippen LogP) is 4.30. The number of ether oxygens (including phenoxy) is 1. The highest BCUT2D eigenvalue weighted by molar-refractivity contribution is 6.53. The predicted molar refractivity (Wildman–Crippen MR) is 128 cm³/mol. The molecule has 3 aromatic rings. The van der Waals surface area contributed by atoms with Gasteiger partial charge in [0, 0.05) is 16.9 Å². The molecule has 4 rings (SSSR count). The van der Waals surface area contributed by atoms with E-state index in [1.807, 2.05) is 0 Å². The van der Waals surface area contributed by atoms with Crippen LogP contribution in [0.3, 0.4) is 0 Å². The van der Waals surface area contributed by atoms with Crippen molar-refractivity contribution >= 4 is 52.4 Å². The maximum Gasteiger partial charge on any atom is 0.337 e. The molecule has 1 aliphatic rings. The Morgan fingerprint density at radius 3 is 2.00 bits per heavy atom. The summed E-state index contributed by atoms with van der Waals surface area (Å²) in [7, 11) is 1.28. The maximum atomic E-state index is 13.2. The van der Waals surface area contributed by atoms with Crippen LogP contribution in [0, 0.1) is 5.82 Å². The number of esters is 1. The molecule has 0 saturated carbocycles. The van der Waals surface area contributed by atoms with Crippen molar-refractivity contribution in [1.82, 2.24) is 0 Å². The number of imide groups is 1. The van der Waals surface area contributed by atoms with Crippen LogP contribution in [0.2, 0.25) is 0 Å². The molecule has 1 aliphatic heterocycles. The fraction of sp³-hybridized carbons (Fsp3) is 0.0400. The van der Waals surface area contributed by atoms with Crippen LogP contribution in [0.5, 0.6) is 0 Å². The number of benzene rings is 3. The van der Waals surface area contributed by atoms with Gasteiger partial charge in [-0.2, -0.15) is 0 Å². The number of halogens is 2. The zero-order valence-corrected chi connectivity index (χ0v) is 18.9. The fourth-order valence-electron chi connectivity index (χ4n) is 3.30. The first-order valence-corrected chi connectivity index (χ1v) is 10.6. The molecule has 0 bridgehead atoms. The fourth-order valence-corrected chi connectivity index (χ4v) is 3.51. The van der Waals surface area contributed by atoms with Crippen LogP contribution in [0.25, 0.3) is 0 Å². The lowest BCUT2D eigenvalue weighted by molar-refractivity contribution is -0.120. The number of carbonyl (C=O) groups excluding carboxylic acids is 4. The Morgan fingerprint density at radius 2 is 1.40 bits per heavy atom. The van der Waals surface area contributed by atoms with Gasteiger partial charge in [0.25, 0.3) is 17.7 Å². The Kier molecular flexibility index (Phi) is 6.61. The summed E-state index contributed by atoms with van der Waals surface area (Å²) in [6.45, 7) is 0. The number of hydrogen-bond acceptors (Lipinski definition) is 6. The number of rotatable bonds is 6. The molecule has 8 nitrogen and oxygen atoms in total. The average molecular weight is 494 g/mol. The monoisotopic (exact) mass is 493 g/mol. The molecule has 0 aliphatic carbocycles. The van der Waals surface area contributed by atoms with Gasteiger partial charge in [-0.1, -0.05) is 11.6 Å². The molecular weight excluding hydrogens is 477 g/mol. The average Bonchev–Trinajstić information content (AvgIpc) is 3.08. The van der Waals surface area contributed by atoms with Crippen molar-refractivity contribution in [3.63, 3.8) is 0 Å². The van der Waals surface area contributed by atoms with E-state index in [4.69, 9.17) is 11.6 Å². The summed E-state index contributed by atoms with van der Waals surface area (Å²) in [5.41, 5.74) is 1.63. The lowest BCUT2D eigenvalue weighted by Crippen LogP contribution is -2.32. The van der Waals surface area contributed by atoms with Gasteiger partial charge in [-0.3, -0.25) is 14.4 Å². The Hall–Kier alpha value is -4.50. The third-order valence-corrected chi connectivity index (χ3v) is 5.44. The second kappa shape index (κ2) is 9.78. The van der Waals surface area contributed by atoms with Gasteiger partial charge in [0.15, 0.2) is 0 Å². The Bertz CT molecular complexity index is 1350. The summed E-state index contributed by atoms with van der Waals surface area (Å²) in [6.07, 6.45) is 0. The van der Waals surface area contributed by atoms with E-state index in [-0.39, 0.29) is 16.4 Å². The van der Waals surface area contributed by atoms with E-state index in [1.54, 1.807) is 24.3 Å². The van der Waals surface area contributed by atoms with Gasteiger partial charge in [0.1, 0.15) is 16.5 Å². The molecule has 3 aromatic carbocycles. The van der Waals surface area contributed by atoms with Crippen LogP contribution in [0.4, 0.5) is 21.5 Å². The van der Waals surface area contributed by atoms with E-state index in [9.17, 15) is 23.6 Å². The molecular formula is C25H17ClFN3O5. The molecule has 0 spiro atoms. The van der Waals surface area contributed by atoms with E-state index in [1.165, 1.54) is 43.5 Å². The van der Waals surface area contributed by atoms with Gasteiger partial charge in [-0.25, -0.2) is 14.1 Å².